The quantitative estimate of drug-likeness (QED) is 0.624. The summed E-state index contributed by atoms with van der Waals surface area (Å²) in [5.41, 5.74) is 3.96. The number of hydrazine groups is 1. The van der Waals surface area contributed by atoms with Gasteiger partial charge in [-0.15, -0.1) is 0 Å². The van der Waals surface area contributed by atoms with Gasteiger partial charge in [0.05, 0.1) is 10.5 Å². The van der Waals surface area contributed by atoms with Crippen molar-refractivity contribution in [3.63, 3.8) is 0 Å². The normalized spacial score (nSPS) is 12.5. The minimum atomic E-state index is -0.462. The van der Waals surface area contributed by atoms with Crippen LogP contribution in [-0.2, 0) is 0 Å². The molecule has 0 heterocycles. The summed E-state index contributed by atoms with van der Waals surface area (Å²) in [4.78, 5) is 0. The van der Waals surface area contributed by atoms with E-state index in [4.69, 9.17) is 29.0 Å². The summed E-state index contributed by atoms with van der Waals surface area (Å²) in [5, 5.41) is 1.04. The summed E-state index contributed by atoms with van der Waals surface area (Å²) in [7, 11) is 0. The number of rotatable bonds is 3. The van der Waals surface area contributed by atoms with E-state index >= 15 is 0 Å². The van der Waals surface area contributed by atoms with Gasteiger partial charge in [0.1, 0.15) is 5.82 Å². The summed E-state index contributed by atoms with van der Waals surface area (Å²) < 4.78 is 13.9. The maximum absolute atomic E-state index is 13.6. The van der Waals surface area contributed by atoms with Gasteiger partial charge >= 0.3 is 0 Å². The topological polar surface area (TPSA) is 38.0 Å². The zero-order valence-electron chi connectivity index (χ0n) is 9.63. The first-order chi connectivity index (χ1) is 9.04. The molecule has 19 heavy (non-hydrogen) atoms. The van der Waals surface area contributed by atoms with Crippen molar-refractivity contribution in [1.29, 1.82) is 0 Å². The monoisotopic (exact) mass is 362 g/mol. The molecule has 6 heteroatoms. The fourth-order valence-corrected chi connectivity index (χ4v) is 2.73. The van der Waals surface area contributed by atoms with Crippen LogP contribution < -0.4 is 11.3 Å². The molecule has 0 saturated carbocycles. The Morgan fingerprint density at radius 3 is 2.58 bits per heavy atom. The molecule has 1 atom stereocenters. The van der Waals surface area contributed by atoms with Gasteiger partial charge in [-0.25, -0.2) is 9.82 Å². The van der Waals surface area contributed by atoms with Crippen LogP contribution in [0, 0.1) is 5.82 Å². The molecule has 2 rings (SSSR count). The van der Waals surface area contributed by atoms with Crippen LogP contribution in [0.2, 0.25) is 10.0 Å². The van der Waals surface area contributed by atoms with Gasteiger partial charge in [-0.05, 0) is 51.3 Å². The average Bonchev–Trinajstić information content (AvgIpc) is 2.39. The first-order valence-electron chi connectivity index (χ1n) is 5.39. The predicted octanol–water partition coefficient (Wildman–Crippen LogP) is 4.45. The van der Waals surface area contributed by atoms with Crippen LogP contribution in [0.5, 0.6) is 0 Å². The van der Waals surface area contributed by atoms with Gasteiger partial charge in [0.25, 0.3) is 0 Å². The lowest BCUT2D eigenvalue weighted by Crippen LogP contribution is -2.29. The molecule has 0 aliphatic heterocycles. The summed E-state index contributed by atoms with van der Waals surface area (Å²) in [5.74, 6) is 5.21. The first-order valence-corrected chi connectivity index (χ1v) is 6.94. The molecule has 0 spiro atoms. The second kappa shape index (κ2) is 6.20. The van der Waals surface area contributed by atoms with Gasteiger partial charge in [0, 0.05) is 10.0 Å². The van der Waals surface area contributed by atoms with E-state index in [0.717, 1.165) is 0 Å². The van der Waals surface area contributed by atoms with Crippen LogP contribution in [-0.4, -0.2) is 0 Å². The Morgan fingerprint density at radius 1 is 1.16 bits per heavy atom. The van der Waals surface area contributed by atoms with Crippen molar-refractivity contribution in [3.05, 3.63) is 67.9 Å². The standard InChI is InChI=1S/C13H10BrCl2FN2/c14-12-8(2-1-3-11(12)17)13(19-18)9-6-7(15)4-5-10(9)16/h1-6,13,19H,18H2. The van der Waals surface area contributed by atoms with Gasteiger partial charge in [-0.1, -0.05) is 35.3 Å². The lowest BCUT2D eigenvalue weighted by atomic mass is 9.99. The number of benzene rings is 2. The van der Waals surface area contributed by atoms with Crippen molar-refractivity contribution in [2.24, 2.45) is 5.84 Å². The van der Waals surface area contributed by atoms with E-state index in [1.807, 2.05) is 0 Å². The number of hydrogen-bond donors (Lipinski definition) is 2. The fraction of sp³-hybridized carbons (Fsp3) is 0.0769. The van der Waals surface area contributed by atoms with E-state index in [1.54, 1.807) is 30.3 Å². The molecule has 2 aromatic rings. The zero-order chi connectivity index (χ0) is 14.0. The van der Waals surface area contributed by atoms with Crippen molar-refractivity contribution in [2.45, 2.75) is 6.04 Å². The molecular formula is C13H10BrCl2FN2. The highest BCUT2D eigenvalue weighted by Crippen LogP contribution is 2.34. The Bertz CT molecular complexity index is 605. The second-order valence-electron chi connectivity index (χ2n) is 3.91. The smallest absolute Gasteiger partial charge is 0.137 e. The van der Waals surface area contributed by atoms with Crippen LogP contribution in [0.15, 0.2) is 40.9 Å². The largest absolute Gasteiger partial charge is 0.271 e. The summed E-state index contributed by atoms with van der Waals surface area (Å²) >= 11 is 15.3. The Morgan fingerprint density at radius 2 is 1.89 bits per heavy atom. The Kier molecular flexibility index (Phi) is 4.81. The van der Waals surface area contributed by atoms with Crippen molar-refractivity contribution in [1.82, 2.24) is 5.43 Å². The molecule has 2 nitrogen and oxygen atoms in total. The van der Waals surface area contributed by atoms with Gasteiger partial charge < -0.3 is 0 Å². The molecule has 3 N–H and O–H groups in total. The fourth-order valence-electron chi connectivity index (χ4n) is 1.83. The van der Waals surface area contributed by atoms with E-state index in [1.165, 1.54) is 6.07 Å². The number of hydrogen-bond acceptors (Lipinski definition) is 2. The third kappa shape index (κ3) is 3.09. The van der Waals surface area contributed by atoms with Gasteiger partial charge in [0.15, 0.2) is 0 Å². The second-order valence-corrected chi connectivity index (χ2v) is 5.55. The first kappa shape index (κ1) is 14.8. The summed E-state index contributed by atoms with van der Waals surface area (Å²) in [6, 6.07) is 9.33. The number of halogens is 4. The van der Waals surface area contributed by atoms with Gasteiger partial charge in [0.2, 0.25) is 0 Å². The minimum absolute atomic E-state index is 0.342. The van der Waals surface area contributed by atoms with Crippen molar-refractivity contribution in [2.75, 3.05) is 0 Å². The van der Waals surface area contributed by atoms with Crippen LogP contribution in [0.3, 0.4) is 0 Å². The molecule has 0 aromatic heterocycles. The van der Waals surface area contributed by atoms with Crippen molar-refractivity contribution < 1.29 is 4.39 Å². The van der Waals surface area contributed by atoms with Crippen LogP contribution in [0.1, 0.15) is 17.2 Å². The molecule has 0 fully saturated rings. The molecule has 0 radical (unpaired) electrons. The Balaban J connectivity index is 2.56. The highest BCUT2D eigenvalue weighted by atomic mass is 79.9. The number of nitrogens with two attached hydrogens (primary N) is 1. The van der Waals surface area contributed by atoms with E-state index in [-0.39, 0.29) is 5.82 Å². The molecule has 0 bridgehead atoms. The minimum Gasteiger partial charge on any atom is -0.271 e. The van der Waals surface area contributed by atoms with Crippen LogP contribution in [0.4, 0.5) is 4.39 Å². The lowest BCUT2D eigenvalue weighted by Gasteiger charge is -2.20. The highest BCUT2D eigenvalue weighted by molar-refractivity contribution is 9.10. The maximum Gasteiger partial charge on any atom is 0.137 e. The predicted molar refractivity (Wildman–Crippen MR) is 79.7 cm³/mol. The molecule has 0 aliphatic rings. The molecule has 2 aromatic carbocycles. The van der Waals surface area contributed by atoms with Crippen LogP contribution in [0.25, 0.3) is 0 Å². The maximum atomic E-state index is 13.6. The van der Waals surface area contributed by atoms with Gasteiger partial charge in [-0.3, -0.25) is 5.84 Å². The lowest BCUT2D eigenvalue weighted by molar-refractivity contribution is 0.597. The third-order valence-corrected chi connectivity index (χ3v) is 4.14. The highest BCUT2D eigenvalue weighted by Gasteiger charge is 2.20. The summed E-state index contributed by atoms with van der Waals surface area (Å²) in [6.07, 6.45) is 0. The molecule has 0 amide bonds. The average molecular weight is 364 g/mol. The van der Waals surface area contributed by atoms with Crippen molar-refractivity contribution >= 4 is 39.1 Å². The Hall–Kier alpha value is -0.650. The molecule has 1 unspecified atom stereocenters. The zero-order valence-corrected chi connectivity index (χ0v) is 12.7. The van der Waals surface area contributed by atoms with Gasteiger partial charge in [-0.2, -0.15) is 0 Å². The van der Waals surface area contributed by atoms with E-state index < -0.39 is 6.04 Å². The van der Waals surface area contributed by atoms with Crippen LogP contribution >= 0.6 is 39.1 Å². The van der Waals surface area contributed by atoms with Crippen molar-refractivity contribution in [3.8, 4) is 0 Å². The van der Waals surface area contributed by atoms with E-state index in [2.05, 4.69) is 21.4 Å². The molecular weight excluding hydrogens is 354 g/mol. The molecule has 100 valence electrons. The molecule has 0 saturated heterocycles. The summed E-state index contributed by atoms with van der Waals surface area (Å²) in [6.45, 7) is 0. The Labute approximate surface area is 128 Å². The SMILES string of the molecule is NNC(c1cc(Cl)ccc1Cl)c1cccc(F)c1Br. The molecule has 0 aliphatic carbocycles. The number of nitrogens with one attached hydrogen (secondary N) is 1. The van der Waals surface area contributed by atoms with E-state index in [0.29, 0.717) is 25.6 Å². The van der Waals surface area contributed by atoms with E-state index in [9.17, 15) is 4.39 Å². The third-order valence-electron chi connectivity index (χ3n) is 2.73.